The van der Waals surface area contributed by atoms with Gasteiger partial charge in [0.2, 0.25) is 11.8 Å². The molecule has 0 aromatic heterocycles. The van der Waals surface area contributed by atoms with E-state index in [9.17, 15) is 14.0 Å². The first kappa shape index (κ1) is 22.1. The van der Waals surface area contributed by atoms with Crippen molar-refractivity contribution in [3.63, 3.8) is 0 Å². The van der Waals surface area contributed by atoms with Gasteiger partial charge in [0.15, 0.2) is 0 Å². The van der Waals surface area contributed by atoms with Crippen molar-refractivity contribution in [3.8, 4) is 5.75 Å². The Balaban J connectivity index is 1.84. The van der Waals surface area contributed by atoms with Gasteiger partial charge >= 0.3 is 0 Å². The van der Waals surface area contributed by atoms with Crippen LogP contribution in [0.5, 0.6) is 5.75 Å². The summed E-state index contributed by atoms with van der Waals surface area (Å²) in [7, 11) is 0. The van der Waals surface area contributed by atoms with Gasteiger partial charge < -0.3 is 15.8 Å². The minimum Gasteiger partial charge on any atom is -0.494 e. The number of carbonyl (C=O) groups is 2. The van der Waals surface area contributed by atoms with Crippen LogP contribution in [0.2, 0.25) is 0 Å². The van der Waals surface area contributed by atoms with Gasteiger partial charge in [0.05, 0.1) is 25.2 Å². The zero-order chi connectivity index (χ0) is 20.8. The molecule has 1 fully saturated rings. The number of amides is 2. The Morgan fingerprint density at radius 3 is 2.57 bits per heavy atom. The Morgan fingerprint density at radius 1 is 1.29 bits per heavy atom. The number of piperidine rings is 1. The van der Waals surface area contributed by atoms with Crippen LogP contribution in [0, 0.1) is 6.42 Å². The molecule has 1 radical (unpaired) electrons. The van der Waals surface area contributed by atoms with Crippen molar-refractivity contribution in [1.29, 1.82) is 0 Å². The predicted molar refractivity (Wildman–Crippen MR) is 107 cm³/mol. The average Bonchev–Trinajstić information content (AvgIpc) is 2.59. The van der Waals surface area contributed by atoms with E-state index in [0.29, 0.717) is 38.0 Å². The van der Waals surface area contributed by atoms with Crippen LogP contribution in [0.3, 0.4) is 0 Å². The highest BCUT2D eigenvalue weighted by Gasteiger charge is 2.44. The molecule has 28 heavy (non-hydrogen) atoms. The van der Waals surface area contributed by atoms with E-state index in [-0.39, 0.29) is 17.5 Å². The summed E-state index contributed by atoms with van der Waals surface area (Å²) < 4.78 is 17.5. The third kappa shape index (κ3) is 6.48. The minimum atomic E-state index is -0.850. The zero-order valence-corrected chi connectivity index (χ0v) is 16.9. The number of rotatable bonds is 9. The Bertz CT molecular complexity index is 678. The summed E-state index contributed by atoms with van der Waals surface area (Å²) in [6.07, 6.45) is 3.61. The summed E-state index contributed by atoms with van der Waals surface area (Å²) >= 11 is 0. The molecule has 0 aliphatic carbocycles. The lowest BCUT2D eigenvalue weighted by Crippen LogP contribution is -2.67. The lowest BCUT2D eigenvalue weighted by atomic mass is 9.78. The fraction of sp³-hybridized carbons (Fsp3) is 0.571. The molecule has 2 atom stereocenters. The highest BCUT2D eigenvalue weighted by molar-refractivity contribution is 5.86. The Hall–Kier alpha value is -2.15. The monoisotopic (exact) mass is 392 g/mol. The topological polar surface area (TPSA) is 93.4 Å². The van der Waals surface area contributed by atoms with Crippen molar-refractivity contribution in [2.75, 3.05) is 13.3 Å². The first-order valence-corrected chi connectivity index (χ1v) is 9.64. The third-order valence-electron chi connectivity index (χ3n) is 4.91. The molecule has 1 aliphatic rings. The lowest BCUT2D eigenvalue weighted by Gasteiger charge is -2.46. The maximum Gasteiger partial charge on any atom is 0.237 e. The first-order chi connectivity index (χ1) is 13.1. The molecule has 1 saturated heterocycles. The number of primary amides is 1. The molecular weight excluding hydrogens is 361 g/mol. The zero-order valence-electron chi connectivity index (χ0n) is 16.9. The van der Waals surface area contributed by atoms with Crippen LogP contribution in [0.1, 0.15) is 45.6 Å². The van der Waals surface area contributed by atoms with Crippen LogP contribution in [-0.4, -0.2) is 42.2 Å². The number of nitrogens with one attached hydrogen (secondary N) is 2. The maximum atomic E-state index is 12.4. The molecule has 2 rings (SSSR count). The molecule has 1 unspecified atom stereocenters. The summed E-state index contributed by atoms with van der Waals surface area (Å²) in [5.74, 6) is 0.0967. The molecule has 1 aromatic carbocycles. The second-order valence-corrected chi connectivity index (χ2v) is 8.26. The van der Waals surface area contributed by atoms with Crippen molar-refractivity contribution in [3.05, 3.63) is 36.2 Å². The van der Waals surface area contributed by atoms with Crippen LogP contribution < -0.4 is 21.1 Å². The molecule has 6 nitrogen and oxygen atoms in total. The van der Waals surface area contributed by atoms with Gasteiger partial charge in [-0.2, -0.15) is 0 Å². The number of hydrogen-bond donors (Lipinski definition) is 3. The lowest BCUT2D eigenvalue weighted by molar-refractivity contribution is -0.127. The van der Waals surface area contributed by atoms with Gasteiger partial charge in [0.25, 0.3) is 0 Å². The molecule has 0 saturated carbocycles. The van der Waals surface area contributed by atoms with E-state index in [0.717, 1.165) is 5.56 Å². The van der Waals surface area contributed by atoms with Gasteiger partial charge in [-0.3, -0.25) is 19.3 Å². The number of nitrogens with two attached hydrogens (primary N) is 1. The smallest absolute Gasteiger partial charge is 0.237 e. The van der Waals surface area contributed by atoms with Crippen molar-refractivity contribution >= 4 is 11.8 Å². The van der Waals surface area contributed by atoms with Crippen molar-refractivity contribution in [2.45, 2.75) is 63.6 Å². The third-order valence-corrected chi connectivity index (χ3v) is 4.91. The molecule has 1 aliphatic heterocycles. The number of ether oxygens (including phenoxy) is 1. The van der Waals surface area contributed by atoms with E-state index >= 15 is 0 Å². The van der Waals surface area contributed by atoms with Gasteiger partial charge in [-0.05, 0) is 57.7 Å². The van der Waals surface area contributed by atoms with Crippen LogP contribution in [0.15, 0.2) is 24.3 Å². The quantitative estimate of drug-likeness (QED) is 0.561. The van der Waals surface area contributed by atoms with E-state index in [1.165, 1.54) is 0 Å². The molecule has 1 heterocycles. The average molecular weight is 392 g/mol. The molecular formula is C21H31FN3O3. The number of alkyl halides is 1. The van der Waals surface area contributed by atoms with Crippen LogP contribution in [0.4, 0.5) is 4.39 Å². The van der Waals surface area contributed by atoms with Gasteiger partial charge in [0, 0.05) is 18.0 Å². The van der Waals surface area contributed by atoms with E-state index in [4.69, 9.17) is 10.5 Å². The normalized spacial score (nSPS) is 23.8. The van der Waals surface area contributed by atoms with Crippen molar-refractivity contribution in [2.24, 2.45) is 5.73 Å². The van der Waals surface area contributed by atoms with E-state index in [1.54, 1.807) is 13.3 Å². The van der Waals surface area contributed by atoms with Gasteiger partial charge in [0.1, 0.15) is 5.75 Å². The van der Waals surface area contributed by atoms with E-state index in [1.807, 2.05) is 38.1 Å². The molecule has 4 N–H and O–H groups in total. The van der Waals surface area contributed by atoms with Gasteiger partial charge in [-0.15, -0.1) is 0 Å². The summed E-state index contributed by atoms with van der Waals surface area (Å²) in [4.78, 5) is 24.2. The van der Waals surface area contributed by atoms with Gasteiger partial charge in [-0.25, -0.2) is 0 Å². The molecule has 155 valence electrons. The second kappa shape index (κ2) is 9.37. The molecule has 0 bridgehead atoms. The Labute approximate surface area is 166 Å². The Kier molecular flexibility index (Phi) is 7.41. The summed E-state index contributed by atoms with van der Waals surface area (Å²) in [6.45, 7) is 5.72. The number of hydrogen-bond acceptors (Lipinski definition) is 4. The minimum absolute atomic E-state index is 0.135. The predicted octanol–water partition coefficient (Wildman–Crippen LogP) is 2.06. The second-order valence-electron chi connectivity index (χ2n) is 8.26. The highest BCUT2D eigenvalue weighted by atomic mass is 19.1. The fourth-order valence-electron chi connectivity index (χ4n) is 3.73. The largest absolute Gasteiger partial charge is 0.494 e. The first-order valence-electron chi connectivity index (χ1n) is 9.64. The van der Waals surface area contributed by atoms with Gasteiger partial charge in [-0.1, -0.05) is 12.1 Å². The number of halogens is 1. The molecule has 1 aromatic rings. The van der Waals surface area contributed by atoms with Crippen LogP contribution >= 0.6 is 0 Å². The standard InChI is InChI=1S/C21H31FN3O3/c1-20(2)13-16(14-21(3,25-20)19(23)27)24-18(26)10-7-15-5-8-17(9-6-15)28-12-4-11-22/h5-6,8-10,16,25H,4,7,11-14H2,1-3H3,(H2,23,27)(H,24,26)/t16?,21-/m0/s1. The van der Waals surface area contributed by atoms with E-state index in [2.05, 4.69) is 10.6 Å². The number of carbonyl (C=O) groups excluding carboxylic acids is 2. The molecule has 0 spiro atoms. The van der Waals surface area contributed by atoms with Crippen molar-refractivity contribution in [1.82, 2.24) is 10.6 Å². The summed E-state index contributed by atoms with van der Waals surface area (Å²) in [5.41, 5.74) is 5.37. The fourth-order valence-corrected chi connectivity index (χ4v) is 3.73. The SMILES string of the molecule is CC1(C)CC(NC(=O)[CH]Cc2ccc(OCCCF)cc2)C[C@@](C)(C(N)=O)N1. The highest BCUT2D eigenvalue weighted by Crippen LogP contribution is 2.28. The van der Waals surface area contributed by atoms with Crippen LogP contribution in [-0.2, 0) is 16.0 Å². The molecule has 2 amide bonds. The number of benzene rings is 1. The van der Waals surface area contributed by atoms with Crippen molar-refractivity contribution < 1.29 is 18.7 Å². The van der Waals surface area contributed by atoms with E-state index < -0.39 is 18.1 Å². The summed E-state index contributed by atoms with van der Waals surface area (Å²) in [5, 5.41) is 6.28. The summed E-state index contributed by atoms with van der Waals surface area (Å²) in [6, 6.07) is 7.25. The molecule has 7 heteroatoms. The maximum absolute atomic E-state index is 12.4. The Morgan fingerprint density at radius 2 is 1.96 bits per heavy atom. The van der Waals surface area contributed by atoms with Crippen LogP contribution in [0.25, 0.3) is 0 Å².